The largest absolute Gasteiger partial charge is 0.459 e. The second kappa shape index (κ2) is 4.71. The van der Waals surface area contributed by atoms with E-state index in [9.17, 15) is 4.79 Å². The fourth-order valence-electron chi connectivity index (χ4n) is 1.64. The van der Waals surface area contributed by atoms with Crippen LogP contribution in [-0.2, 0) is 11.2 Å². The van der Waals surface area contributed by atoms with Crippen LogP contribution in [0.5, 0.6) is 0 Å². The molecule has 2 aromatic rings. The second-order valence-corrected chi connectivity index (χ2v) is 4.17. The van der Waals surface area contributed by atoms with Crippen molar-refractivity contribution in [2.45, 2.75) is 26.2 Å². The molecule has 0 saturated heterocycles. The molecule has 0 amide bonds. The summed E-state index contributed by atoms with van der Waals surface area (Å²) in [6.45, 7) is 1.87. The van der Waals surface area contributed by atoms with Gasteiger partial charge in [0.1, 0.15) is 11.5 Å². The molecule has 0 radical (unpaired) electrons. The van der Waals surface area contributed by atoms with Crippen molar-refractivity contribution in [2.75, 3.05) is 0 Å². The summed E-state index contributed by atoms with van der Waals surface area (Å²) >= 11 is 6.00. The fraction of sp³-hybridized carbons (Fsp3) is 0.308. The first-order valence-corrected chi connectivity index (χ1v) is 5.77. The maximum absolute atomic E-state index is 11.2. The number of carbonyl (C=O) groups excluding carboxylic acids is 1. The van der Waals surface area contributed by atoms with Gasteiger partial charge in [-0.15, -0.1) is 0 Å². The van der Waals surface area contributed by atoms with Gasteiger partial charge in [0.25, 0.3) is 0 Å². The van der Waals surface area contributed by atoms with Gasteiger partial charge in [-0.3, -0.25) is 4.79 Å². The summed E-state index contributed by atoms with van der Waals surface area (Å²) in [7, 11) is 0. The van der Waals surface area contributed by atoms with Crippen LogP contribution in [0.2, 0.25) is 5.02 Å². The van der Waals surface area contributed by atoms with Crippen LogP contribution in [0.1, 0.15) is 25.5 Å². The van der Waals surface area contributed by atoms with Gasteiger partial charge in [-0.1, -0.05) is 30.7 Å². The predicted octanol–water partition coefficient (Wildman–Crippen LogP) is 4.00. The van der Waals surface area contributed by atoms with Gasteiger partial charge in [-0.2, -0.15) is 0 Å². The molecule has 0 aliphatic rings. The average molecular weight is 237 g/mol. The highest BCUT2D eigenvalue weighted by Crippen LogP contribution is 2.27. The third kappa shape index (κ3) is 2.27. The van der Waals surface area contributed by atoms with Crippen molar-refractivity contribution in [3.8, 4) is 0 Å². The highest BCUT2D eigenvalue weighted by molar-refractivity contribution is 6.34. The number of carbonyl (C=O) groups is 1. The number of furan rings is 1. The van der Waals surface area contributed by atoms with Crippen molar-refractivity contribution in [1.29, 1.82) is 0 Å². The van der Waals surface area contributed by atoms with Gasteiger partial charge in [0, 0.05) is 24.6 Å². The minimum Gasteiger partial charge on any atom is -0.459 e. The lowest BCUT2D eigenvalue weighted by Gasteiger charge is -1.94. The van der Waals surface area contributed by atoms with Gasteiger partial charge in [0.2, 0.25) is 0 Å². The Morgan fingerprint density at radius 2 is 2.25 bits per heavy atom. The lowest BCUT2D eigenvalue weighted by atomic mass is 10.1. The third-order valence-electron chi connectivity index (χ3n) is 2.59. The molecule has 2 rings (SSSR count). The molecule has 0 saturated carbocycles. The van der Waals surface area contributed by atoms with Crippen LogP contribution in [0.15, 0.2) is 28.7 Å². The highest BCUT2D eigenvalue weighted by atomic mass is 35.5. The van der Waals surface area contributed by atoms with E-state index in [1.165, 1.54) is 0 Å². The first kappa shape index (κ1) is 11.2. The second-order valence-electron chi connectivity index (χ2n) is 3.76. The molecular weight excluding hydrogens is 224 g/mol. The van der Waals surface area contributed by atoms with Crippen LogP contribution < -0.4 is 0 Å². The molecule has 16 heavy (non-hydrogen) atoms. The number of rotatable bonds is 4. The van der Waals surface area contributed by atoms with E-state index in [4.69, 9.17) is 16.0 Å². The number of halogens is 1. The molecule has 2 nitrogen and oxygen atoms in total. The van der Waals surface area contributed by atoms with E-state index in [1.807, 2.05) is 25.1 Å². The topological polar surface area (TPSA) is 30.2 Å². The number of benzene rings is 1. The summed E-state index contributed by atoms with van der Waals surface area (Å²) in [5.41, 5.74) is 0.711. The lowest BCUT2D eigenvalue weighted by Crippen LogP contribution is -1.96. The highest BCUT2D eigenvalue weighted by Gasteiger charge is 2.08. The number of aryl methyl sites for hydroxylation is 1. The van der Waals surface area contributed by atoms with Crippen LogP contribution in [-0.4, -0.2) is 5.78 Å². The summed E-state index contributed by atoms with van der Waals surface area (Å²) in [5.74, 6) is 1.08. The van der Waals surface area contributed by atoms with E-state index in [-0.39, 0.29) is 5.78 Å². The van der Waals surface area contributed by atoms with Crippen LogP contribution in [0.25, 0.3) is 11.0 Å². The molecule has 0 bridgehead atoms. The number of Topliss-reactive ketones (excluding diaryl/α,β-unsaturated/α-hetero) is 1. The predicted molar refractivity (Wildman–Crippen MR) is 64.8 cm³/mol. The fourth-order valence-corrected chi connectivity index (χ4v) is 1.86. The number of hydrogen-bond donors (Lipinski definition) is 0. The Hall–Kier alpha value is -1.28. The SMILES string of the molecule is CCC(=O)CCc1cc2cccc(Cl)c2o1. The van der Waals surface area contributed by atoms with Gasteiger partial charge in [0.15, 0.2) is 5.58 Å². The summed E-state index contributed by atoms with van der Waals surface area (Å²) in [6, 6.07) is 7.59. The Morgan fingerprint density at radius 1 is 1.44 bits per heavy atom. The van der Waals surface area contributed by atoms with E-state index in [0.29, 0.717) is 29.9 Å². The molecule has 1 aromatic carbocycles. The van der Waals surface area contributed by atoms with E-state index in [2.05, 4.69) is 0 Å². The molecular formula is C13H13ClO2. The lowest BCUT2D eigenvalue weighted by molar-refractivity contribution is -0.118. The van der Waals surface area contributed by atoms with Crippen LogP contribution in [0.4, 0.5) is 0 Å². The van der Waals surface area contributed by atoms with Crippen molar-refractivity contribution in [3.63, 3.8) is 0 Å². The normalized spacial score (nSPS) is 10.9. The van der Waals surface area contributed by atoms with Gasteiger partial charge >= 0.3 is 0 Å². The molecule has 0 atom stereocenters. The number of ketones is 1. The third-order valence-corrected chi connectivity index (χ3v) is 2.89. The maximum Gasteiger partial charge on any atom is 0.152 e. The molecule has 0 fully saturated rings. The molecule has 3 heteroatoms. The zero-order chi connectivity index (χ0) is 11.5. The van der Waals surface area contributed by atoms with Crippen molar-refractivity contribution in [1.82, 2.24) is 0 Å². The molecule has 0 N–H and O–H groups in total. The maximum atomic E-state index is 11.2. The first-order valence-electron chi connectivity index (χ1n) is 5.39. The zero-order valence-electron chi connectivity index (χ0n) is 9.13. The smallest absolute Gasteiger partial charge is 0.152 e. The van der Waals surface area contributed by atoms with Gasteiger partial charge in [-0.25, -0.2) is 0 Å². The molecule has 0 aliphatic heterocycles. The quantitative estimate of drug-likeness (QED) is 0.803. The number of para-hydroxylation sites is 1. The van der Waals surface area contributed by atoms with Crippen molar-refractivity contribution in [3.05, 3.63) is 35.0 Å². The Bertz CT molecular complexity index is 514. The summed E-state index contributed by atoms with van der Waals surface area (Å²) in [4.78, 5) is 11.2. The van der Waals surface area contributed by atoms with E-state index >= 15 is 0 Å². The van der Waals surface area contributed by atoms with E-state index < -0.39 is 0 Å². The standard InChI is InChI=1S/C13H13ClO2/c1-2-10(15)6-7-11-8-9-4-3-5-12(14)13(9)16-11/h3-5,8H,2,6-7H2,1H3. The monoisotopic (exact) mass is 236 g/mol. The minimum absolute atomic E-state index is 0.256. The van der Waals surface area contributed by atoms with Crippen molar-refractivity contribution >= 4 is 28.4 Å². The van der Waals surface area contributed by atoms with Gasteiger partial charge < -0.3 is 4.42 Å². The Morgan fingerprint density at radius 3 is 2.94 bits per heavy atom. The van der Waals surface area contributed by atoms with Gasteiger partial charge in [-0.05, 0) is 12.1 Å². The first-order chi connectivity index (χ1) is 7.70. The molecule has 1 heterocycles. The minimum atomic E-state index is 0.256. The van der Waals surface area contributed by atoms with Crippen LogP contribution in [0, 0.1) is 0 Å². The molecule has 1 aromatic heterocycles. The average Bonchev–Trinajstić information content (AvgIpc) is 2.70. The number of fused-ring (bicyclic) bond motifs is 1. The van der Waals surface area contributed by atoms with Crippen LogP contribution >= 0.6 is 11.6 Å². The Kier molecular flexibility index (Phi) is 3.30. The van der Waals surface area contributed by atoms with Crippen LogP contribution in [0.3, 0.4) is 0 Å². The van der Waals surface area contributed by atoms with Gasteiger partial charge in [0.05, 0.1) is 5.02 Å². The molecule has 0 aliphatic carbocycles. The summed E-state index contributed by atoms with van der Waals surface area (Å²) in [6.07, 6.45) is 1.77. The Balaban J connectivity index is 2.20. The Labute approximate surface area is 99.2 Å². The molecule has 84 valence electrons. The molecule has 0 spiro atoms. The van der Waals surface area contributed by atoms with Crippen molar-refractivity contribution < 1.29 is 9.21 Å². The zero-order valence-corrected chi connectivity index (χ0v) is 9.88. The van der Waals surface area contributed by atoms with E-state index in [0.717, 1.165) is 11.1 Å². The molecule has 0 unspecified atom stereocenters. The van der Waals surface area contributed by atoms with Crippen molar-refractivity contribution in [2.24, 2.45) is 0 Å². The number of hydrogen-bond acceptors (Lipinski definition) is 2. The summed E-state index contributed by atoms with van der Waals surface area (Å²) in [5, 5.41) is 1.61. The summed E-state index contributed by atoms with van der Waals surface area (Å²) < 4.78 is 5.61. The van der Waals surface area contributed by atoms with E-state index in [1.54, 1.807) is 6.07 Å².